The molecule has 0 amide bonds. The van der Waals surface area contributed by atoms with E-state index in [2.05, 4.69) is 128 Å². The van der Waals surface area contributed by atoms with Crippen molar-refractivity contribution in [3.05, 3.63) is 35.4 Å². The largest absolute Gasteiger partial charge is 0.179 e. The average molecular weight is 633 g/mol. The van der Waals surface area contributed by atoms with Crippen LogP contribution in [0, 0.1) is 0 Å². The third-order valence-corrected chi connectivity index (χ3v) is 14.6. The summed E-state index contributed by atoms with van der Waals surface area (Å²) < 4.78 is 0. The van der Waals surface area contributed by atoms with E-state index in [1.165, 1.54) is 82.2 Å². The van der Waals surface area contributed by atoms with Crippen LogP contribution in [0.1, 0.15) is 24.5 Å². The molecular weight excluding hydrogens is 589 g/mol. The van der Waals surface area contributed by atoms with Gasteiger partial charge in [-0.3, -0.25) is 0 Å². The minimum atomic E-state index is 0.678. The molecule has 1 rings (SSSR count). The first kappa shape index (κ1) is 34.4. The Labute approximate surface area is 253 Å². The maximum absolute atomic E-state index is 4.52. The van der Waals surface area contributed by atoms with Crippen molar-refractivity contribution in [2.45, 2.75) is 36.7 Å². The summed E-state index contributed by atoms with van der Waals surface area (Å²) in [4.78, 5) is 0. The van der Waals surface area contributed by atoms with Crippen LogP contribution in [0.15, 0.2) is 24.3 Å². The maximum Gasteiger partial charge on any atom is 0.0226 e. The monoisotopic (exact) mass is 632 g/mol. The van der Waals surface area contributed by atoms with Gasteiger partial charge in [0.15, 0.2) is 0 Å². The molecule has 198 valence electrons. The molecule has 2 unspecified atom stereocenters. The molecule has 1 aromatic carbocycles. The van der Waals surface area contributed by atoms with Gasteiger partial charge in [0.25, 0.3) is 0 Å². The molecule has 2 atom stereocenters. The summed E-state index contributed by atoms with van der Waals surface area (Å²) in [6.07, 6.45) is 3.64. The predicted octanol–water partition coefficient (Wildman–Crippen LogP) is 8.11. The first-order valence-corrected chi connectivity index (χ1v) is 20.8. The van der Waals surface area contributed by atoms with E-state index < -0.39 is 0 Å². The van der Waals surface area contributed by atoms with E-state index in [9.17, 15) is 0 Å². The van der Waals surface area contributed by atoms with Crippen molar-refractivity contribution in [3.8, 4) is 0 Å². The van der Waals surface area contributed by atoms with E-state index in [1.807, 2.05) is 11.8 Å². The summed E-state index contributed by atoms with van der Waals surface area (Å²) in [5.74, 6) is 15.3. The van der Waals surface area contributed by atoms with Gasteiger partial charge in [-0.1, -0.05) is 31.2 Å². The minimum absolute atomic E-state index is 0.678. The average Bonchev–Trinajstić information content (AvgIpc) is 2.86. The first-order valence-electron chi connectivity index (χ1n) is 12.2. The van der Waals surface area contributed by atoms with E-state index in [0.717, 1.165) is 28.3 Å². The second kappa shape index (κ2) is 25.6. The Bertz CT molecular complexity index is 573. The Kier molecular flexibility index (Phi) is 25.9. The summed E-state index contributed by atoms with van der Waals surface area (Å²) in [5, 5.41) is 1.40. The Morgan fingerprint density at radius 1 is 0.647 bits per heavy atom. The SMILES string of the molecule is CCCSC(CS)CSCCSCCc1cccc(CCSCCSC(CS)CSCCS)c1. The van der Waals surface area contributed by atoms with Crippen molar-refractivity contribution in [3.63, 3.8) is 0 Å². The van der Waals surface area contributed by atoms with Gasteiger partial charge < -0.3 is 0 Å². The number of hydrogen-bond donors (Lipinski definition) is 3. The van der Waals surface area contributed by atoms with Crippen LogP contribution in [-0.4, -0.2) is 85.3 Å². The van der Waals surface area contributed by atoms with Gasteiger partial charge in [-0.25, -0.2) is 0 Å². The highest BCUT2D eigenvalue weighted by Gasteiger charge is 2.08. The van der Waals surface area contributed by atoms with Crippen LogP contribution in [0.25, 0.3) is 0 Å². The fourth-order valence-electron chi connectivity index (χ4n) is 3.00. The zero-order valence-corrected chi connectivity index (χ0v) is 28.2. The van der Waals surface area contributed by atoms with Crippen molar-refractivity contribution in [1.82, 2.24) is 0 Å². The normalized spacial score (nSPS) is 13.3. The maximum atomic E-state index is 4.52. The molecule has 0 bridgehead atoms. The number of thioether (sulfide) groups is 6. The Morgan fingerprint density at radius 3 is 1.74 bits per heavy atom. The molecule has 9 heteroatoms. The van der Waals surface area contributed by atoms with Crippen LogP contribution in [0.2, 0.25) is 0 Å². The van der Waals surface area contributed by atoms with Gasteiger partial charge in [-0.05, 0) is 53.4 Å². The zero-order chi connectivity index (χ0) is 24.7. The molecular formula is C25H44S9. The molecule has 0 saturated carbocycles. The van der Waals surface area contributed by atoms with Crippen molar-refractivity contribution >= 4 is 108 Å². The molecule has 0 N–H and O–H groups in total. The van der Waals surface area contributed by atoms with Crippen LogP contribution in [0.3, 0.4) is 0 Å². The lowest BCUT2D eigenvalue weighted by molar-refractivity contribution is 1.08. The number of thiol groups is 3. The van der Waals surface area contributed by atoms with Crippen molar-refractivity contribution in [1.29, 1.82) is 0 Å². The third-order valence-electron chi connectivity index (χ3n) is 4.82. The second-order valence-electron chi connectivity index (χ2n) is 7.77. The van der Waals surface area contributed by atoms with E-state index in [1.54, 1.807) is 0 Å². The van der Waals surface area contributed by atoms with Gasteiger partial charge in [-0.15, -0.1) is 0 Å². The summed E-state index contributed by atoms with van der Waals surface area (Å²) in [6, 6.07) is 9.28. The van der Waals surface area contributed by atoms with Crippen molar-refractivity contribution < 1.29 is 0 Å². The van der Waals surface area contributed by atoms with Gasteiger partial charge >= 0.3 is 0 Å². The van der Waals surface area contributed by atoms with Gasteiger partial charge in [0, 0.05) is 62.3 Å². The summed E-state index contributed by atoms with van der Waals surface area (Å²) in [7, 11) is 0. The number of aryl methyl sites for hydroxylation is 2. The molecule has 0 saturated heterocycles. The quantitative estimate of drug-likeness (QED) is 0.0773. The highest BCUT2D eigenvalue weighted by atomic mass is 32.2. The van der Waals surface area contributed by atoms with E-state index in [0.29, 0.717) is 5.25 Å². The topological polar surface area (TPSA) is 0 Å². The predicted molar refractivity (Wildman–Crippen MR) is 187 cm³/mol. The van der Waals surface area contributed by atoms with Crippen LogP contribution >= 0.6 is 108 Å². The third kappa shape index (κ3) is 19.4. The highest BCUT2D eigenvalue weighted by Crippen LogP contribution is 2.21. The number of benzene rings is 1. The smallest absolute Gasteiger partial charge is 0.0226 e. The van der Waals surface area contributed by atoms with Crippen LogP contribution in [0.4, 0.5) is 0 Å². The van der Waals surface area contributed by atoms with Gasteiger partial charge in [-0.2, -0.15) is 108 Å². The zero-order valence-electron chi connectivity index (χ0n) is 20.6. The molecule has 1 aromatic rings. The fraction of sp³-hybridized carbons (Fsp3) is 0.760. The number of rotatable bonds is 24. The molecule has 0 aliphatic heterocycles. The Morgan fingerprint density at radius 2 is 1.18 bits per heavy atom. The summed E-state index contributed by atoms with van der Waals surface area (Å²) >= 11 is 25.8. The molecule has 0 fully saturated rings. The van der Waals surface area contributed by atoms with E-state index in [4.69, 9.17) is 0 Å². The van der Waals surface area contributed by atoms with Crippen LogP contribution in [-0.2, 0) is 12.8 Å². The van der Waals surface area contributed by atoms with E-state index >= 15 is 0 Å². The number of hydrogen-bond acceptors (Lipinski definition) is 9. The lowest BCUT2D eigenvalue weighted by Gasteiger charge is -2.13. The fourth-order valence-corrected chi connectivity index (χ4v) is 11.3. The van der Waals surface area contributed by atoms with Crippen LogP contribution < -0.4 is 0 Å². The molecule has 0 nitrogen and oxygen atoms in total. The Balaban J connectivity index is 2.08. The van der Waals surface area contributed by atoms with Gasteiger partial charge in [0.05, 0.1) is 0 Å². The molecule has 34 heavy (non-hydrogen) atoms. The molecule has 0 radical (unpaired) electrons. The Hall–Kier alpha value is 2.37. The molecule has 0 spiro atoms. The second-order valence-corrected chi connectivity index (χ2v) is 16.5. The van der Waals surface area contributed by atoms with Crippen molar-refractivity contribution in [2.75, 3.05) is 74.8 Å². The summed E-state index contributed by atoms with van der Waals surface area (Å²) in [5.41, 5.74) is 3.00. The molecule has 0 heterocycles. The molecule has 0 aromatic heterocycles. The first-order chi connectivity index (χ1) is 16.7. The van der Waals surface area contributed by atoms with Crippen molar-refractivity contribution in [2.24, 2.45) is 0 Å². The van der Waals surface area contributed by atoms with E-state index in [-0.39, 0.29) is 0 Å². The van der Waals surface area contributed by atoms with Crippen LogP contribution in [0.5, 0.6) is 0 Å². The lowest BCUT2D eigenvalue weighted by atomic mass is 10.1. The highest BCUT2D eigenvalue weighted by molar-refractivity contribution is 8.05. The molecule has 0 aliphatic carbocycles. The lowest BCUT2D eigenvalue weighted by Crippen LogP contribution is -2.10. The minimum Gasteiger partial charge on any atom is -0.179 e. The van der Waals surface area contributed by atoms with Gasteiger partial charge in [0.2, 0.25) is 0 Å². The summed E-state index contributed by atoms with van der Waals surface area (Å²) in [6.45, 7) is 2.26. The van der Waals surface area contributed by atoms with Gasteiger partial charge in [0.1, 0.15) is 0 Å². The standard InChI is InChI=1S/C25H44S9/c1-2-9-33-24(18-27)21-32-14-13-29-10-6-22-4-3-5-23(17-22)7-11-30-15-16-34-25(19-28)20-31-12-8-26/h3-5,17,24-28H,2,6-16,18-21H2,1H3. The molecule has 0 aliphatic rings.